The molecule has 0 bridgehead atoms. The van der Waals surface area contributed by atoms with Gasteiger partial charge in [0.15, 0.2) is 6.61 Å². The Morgan fingerprint density at radius 3 is 2.29 bits per heavy atom. The molecule has 0 unspecified atom stereocenters. The Bertz CT molecular complexity index is 1010. The summed E-state index contributed by atoms with van der Waals surface area (Å²) in [6.45, 7) is 4.12. The van der Waals surface area contributed by atoms with E-state index in [2.05, 4.69) is 37.4 Å². The lowest BCUT2D eigenvalue weighted by Crippen LogP contribution is -2.20. The van der Waals surface area contributed by atoms with Crippen molar-refractivity contribution in [3.8, 4) is 11.8 Å². The predicted molar refractivity (Wildman–Crippen MR) is 112 cm³/mol. The van der Waals surface area contributed by atoms with E-state index in [9.17, 15) is 4.79 Å². The maximum Gasteiger partial charge on any atom is 0.262 e. The van der Waals surface area contributed by atoms with E-state index in [-0.39, 0.29) is 12.5 Å². The maximum absolute atomic E-state index is 12.1. The summed E-state index contributed by atoms with van der Waals surface area (Å²) in [5.74, 6) is 0.313. The lowest BCUT2D eigenvalue weighted by Gasteiger charge is -2.09. The second kappa shape index (κ2) is 9.12. The molecule has 5 heteroatoms. The Hall–Kier alpha value is -3.23. The van der Waals surface area contributed by atoms with Crippen molar-refractivity contribution in [1.82, 2.24) is 0 Å². The first-order chi connectivity index (χ1) is 13.5. The van der Waals surface area contributed by atoms with E-state index < -0.39 is 0 Å². The highest BCUT2D eigenvalue weighted by atomic mass is 32.2. The maximum atomic E-state index is 12.1. The predicted octanol–water partition coefficient (Wildman–Crippen LogP) is 5.34. The molecule has 3 rings (SSSR count). The zero-order chi connectivity index (χ0) is 19.9. The molecule has 0 aliphatic heterocycles. The first-order valence-corrected chi connectivity index (χ1v) is 9.63. The van der Waals surface area contributed by atoms with Crippen LogP contribution < -0.4 is 10.1 Å². The van der Waals surface area contributed by atoms with Crippen molar-refractivity contribution in [2.45, 2.75) is 23.6 Å². The fraction of sp³-hybridized carbons (Fsp3) is 0.130. The highest BCUT2D eigenvalue weighted by molar-refractivity contribution is 7.99. The molecule has 0 aliphatic rings. The van der Waals surface area contributed by atoms with E-state index in [1.165, 1.54) is 16.0 Å². The number of carbonyl (C=O) groups excluding carboxylic acids is 1. The molecular weight excluding hydrogens is 368 g/mol. The van der Waals surface area contributed by atoms with E-state index in [0.29, 0.717) is 11.3 Å². The molecule has 0 radical (unpaired) electrons. The largest absolute Gasteiger partial charge is 0.484 e. The van der Waals surface area contributed by atoms with Crippen LogP contribution in [0, 0.1) is 25.2 Å². The van der Waals surface area contributed by atoms with Gasteiger partial charge >= 0.3 is 0 Å². The summed E-state index contributed by atoms with van der Waals surface area (Å²) in [4.78, 5) is 14.4. The monoisotopic (exact) mass is 388 g/mol. The minimum atomic E-state index is -0.237. The van der Waals surface area contributed by atoms with Gasteiger partial charge in [-0.15, -0.1) is 0 Å². The smallest absolute Gasteiger partial charge is 0.262 e. The number of anilines is 1. The van der Waals surface area contributed by atoms with Crippen molar-refractivity contribution in [3.63, 3.8) is 0 Å². The molecule has 28 heavy (non-hydrogen) atoms. The number of hydrogen-bond donors (Lipinski definition) is 1. The Morgan fingerprint density at radius 1 is 0.964 bits per heavy atom. The molecule has 0 atom stereocenters. The summed E-state index contributed by atoms with van der Waals surface area (Å²) < 4.78 is 5.44. The normalized spacial score (nSPS) is 10.2. The van der Waals surface area contributed by atoms with E-state index in [1.54, 1.807) is 36.0 Å². The number of benzene rings is 3. The fourth-order valence-electron chi connectivity index (χ4n) is 2.49. The Kier molecular flexibility index (Phi) is 6.36. The van der Waals surface area contributed by atoms with Gasteiger partial charge in [0.05, 0.1) is 11.6 Å². The Morgan fingerprint density at radius 2 is 1.64 bits per heavy atom. The molecule has 0 aliphatic carbocycles. The summed E-state index contributed by atoms with van der Waals surface area (Å²) in [6.07, 6.45) is 0. The SMILES string of the molecule is Cc1ccc(Sc2ccc(NC(=O)COc3ccc(C#N)cc3)cc2)cc1C. The Balaban J connectivity index is 1.52. The van der Waals surface area contributed by atoms with Gasteiger partial charge in [-0.25, -0.2) is 0 Å². The van der Waals surface area contributed by atoms with Crippen LogP contribution in [0.25, 0.3) is 0 Å². The van der Waals surface area contributed by atoms with Gasteiger partial charge in [0.2, 0.25) is 0 Å². The van der Waals surface area contributed by atoms with Crippen molar-refractivity contribution in [3.05, 3.63) is 83.4 Å². The molecule has 0 saturated carbocycles. The fourth-order valence-corrected chi connectivity index (χ4v) is 3.41. The van der Waals surface area contributed by atoms with Gasteiger partial charge < -0.3 is 10.1 Å². The second-order valence-electron chi connectivity index (χ2n) is 6.35. The molecule has 1 N–H and O–H groups in total. The van der Waals surface area contributed by atoms with Gasteiger partial charge in [0, 0.05) is 15.5 Å². The Labute approximate surface area is 169 Å². The third-order valence-corrected chi connectivity index (χ3v) is 5.20. The highest BCUT2D eigenvalue weighted by Crippen LogP contribution is 2.29. The van der Waals surface area contributed by atoms with E-state index in [0.717, 1.165) is 10.6 Å². The molecule has 0 saturated heterocycles. The average molecular weight is 388 g/mol. The summed E-state index contributed by atoms with van der Waals surface area (Å²) >= 11 is 1.69. The molecule has 0 heterocycles. The van der Waals surface area contributed by atoms with Crippen LogP contribution in [0.1, 0.15) is 16.7 Å². The molecule has 3 aromatic rings. The van der Waals surface area contributed by atoms with E-state index >= 15 is 0 Å². The zero-order valence-electron chi connectivity index (χ0n) is 15.7. The number of amides is 1. The zero-order valence-corrected chi connectivity index (χ0v) is 16.5. The molecule has 4 nitrogen and oxygen atoms in total. The minimum Gasteiger partial charge on any atom is -0.484 e. The van der Waals surface area contributed by atoms with Crippen molar-refractivity contribution >= 4 is 23.4 Å². The summed E-state index contributed by atoms with van der Waals surface area (Å²) in [7, 11) is 0. The number of carbonyl (C=O) groups is 1. The summed E-state index contributed by atoms with van der Waals surface area (Å²) in [5, 5.41) is 11.6. The number of hydrogen-bond acceptors (Lipinski definition) is 4. The molecule has 0 aromatic heterocycles. The quantitative estimate of drug-likeness (QED) is 0.619. The van der Waals surface area contributed by atoms with Crippen LogP contribution in [0.2, 0.25) is 0 Å². The number of nitriles is 1. The average Bonchev–Trinajstić information content (AvgIpc) is 2.71. The molecular formula is C23H20N2O2S. The molecule has 1 amide bonds. The number of ether oxygens (including phenoxy) is 1. The first kappa shape index (κ1) is 19.5. The lowest BCUT2D eigenvalue weighted by atomic mass is 10.1. The summed E-state index contributed by atoms with van der Waals surface area (Å²) in [5.41, 5.74) is 3.83. The van der Waals surface area contributed by atoms with Gasteiger partial charge in [-0.2, -0.15) is 5.26 Å². The van der Waals surface area contributed by atoms with Crippen molar-refractivity contribution in [2.24, 2.45) is 0 Å². The highest BCUT2D eigenvalue weighted by Gasteiger charge is 2.05. The third-order valence-electron chi connectivity index (χ3n) is 4.21. The van der Waals surface area contributed by atoms with Crippen LogP contribution in [0.3, 0.4) is 0 Å². The van der Waals surface area contributed by atoms with E-state index in [1.807, 2.05) is 30.3 Å². The van der Waals surface area contributed by atoms with Crippen LogP contribution in [-0.2, 0) is 4.79 Å². The molecule has 0 fully saturated rings. The van der Waals surface area contributed by atoms with Gasteiger partial charge in [-0.3, -0.25) is 4.79 Å². The van der Waals surface area contributed by atoms with Crippen molar-refractivity contribution in [1.29, 1.82) is 5.26 Å². The number of nitrogens with one attached hydrogen (secondary N) is 1. The number of aryl methyl sites for hydroxylation is 2. The minimum absolute atomic E-state index is 0.0922. The van der Waals surface area contributed by atoms with Gasteiger partial charge in [-0.05, 0) is 85.6 Å². The second-order valence-corrected chi connectivity index (χ2v) is 7.49. The third kappa shape index (κ3) is 5.38. The molecule has 3 aromatic carbocycles. The summed E-state index contributed by atoms with van der Waals surface area (Å²) in [6, 6.07) is 22.8. The van der Waals surface area contributed by atoms with Crippen LogP contribution in [-0.4, -0.2) is 12.5 Å². The van der Waals surface area contributed by atoms with Gasteiger partial charge in [-0.1, -0.05) is 17.8 Å². The topological polar surface area (TPSA) is 62.1 Å². The number of rotatable bonds is 6. The van der Waals surface area contributed by atoms with Crippen molar-refractivity contribution in [2.75, 3.05) is 11.9 Å². The van der Waals surface area contributed by atoms with Gasteiger partial charge in [0.25, 0.3) is 5.91 Å². The van der Waals surface area contributed by atoms with Crippen LogP contribution in [0.4, 0.5) is 5.69 Å². The standard InChI is InChI=1S/C23H20N2O2S/c1-16-3-10-22(13-17(16)2)28-21-11-6-19(7-12-21)25-23(26)15-27-20-8-4-18(14-24)5-9-20/h3-13H,15H2,1-2H3,(H,25,26). The van der Waals surface area contributed by atoms with Crippen LogP contribution in [0.15, 0.2) is 76.5 Å². The van der Waals surface area contributed by atoms with E-state index in [4.69, 9.17) is 10.00 Å². The first-order valence-electron chi connectivity index (χ1n) is 8.81. The molecule has 0 spiro atoms. The molecule has 140 valence electrons. The van der Waals surface area contributed by atoms with Crippen LogP contribution >= 0.6 is 11.8 Å². The van der Waals surface area contributed by atoms with Gasteiger partial charge in [0.1, 0.15) is 5.75 Å². The number of nitrogens with zero attached hydrogens (tertiary/aromatic N) is 1. The van der Waals surface area contributed by atoms with Crippen LogP contribution in [0.5, 0.6) is 5.75 Å². The lowest BCUT2D eigenvalue weighted by molar-refractivity contribution is -0.118. The van der Waals surface area contributed by atoms with Crippen molar-refractivity contribution < 1.29 is 9.53 Å².